The van der Waals surface area contributed by atoms with Crippen LogP contribution in [-0.4, -0.2) is 5.11 Å². The zero-order valence-corrected chi connectivity index (χ0v) is 10.7. The van der Waals surface area contributed by atoms with Crippen LogP contribution < -0.4 is 0 Å². The number of halogens is 1. The molecule has 0 aliphatic rings. The zero-order valence-electron chi connectivity index (χ0n) is 7.53. The van der Waals surface area contributed by atoms with Gasteiger partial charge in [-0.25, -0.2) is 0 Å². The molecule has 74 valence electrons. The van der Waals surface area contributed by atoms with Crippen LogP contribution in [0.1, 0.15) is 21.4 Å². The Balaban J connectivity index is 2.28. The van der Waals surface area contributed by atoms with Crippen LogP contribution in [-0.2, 0) is 0 Å². The summed E-state index contributed by atoms with van der Waals surface area (Å²) < 4.78 is 1.06. The highest BCUT2D eigenvalue weighted by molar-refractivity contribution is 9.11. The maximum Gasteiger partial charge on any atom is 0.114 e. The molecular formula is C10H9BrOS2. The molecule has 1 nitrogen and oxygen atoms in total. The van der Waals surface area contributed by atoms with Crippen LogP contribution in [0.5, 0.6) is 0 Å². The van der Waals surface area contributed by atoms with Crippen LogP contribution in [0, 0.1) is 6.92 Å². The van der Waals surface area contributed by atoms with E-state index in [1.54, 1.807) is 22.7 Å². The second kappa shape index (κ2) is 4.14. The van der Waals surface area contributed by atoms with Crippen LogP contribution in [0.2, 0.25) is 0 Å². The van der Waals surface area contributed by atoms with Crippen molar-refractivity contribution in [1.29, 1.82) is 0 Å². The van der Waals surface area contributed by atoms with E-state index >= 15 is 0 Å². The van der Waals surface area contributed by atoms with Gasteiger partial charge < -0.3 is 5.11 Å². The molecule has 1 unspecified atom stereocenters. The monoisotopic (exact) mass is 288 g/mol. The lowest BCUT2D eigenvalue weighted by atomic mass is 10.2. The smallest absolute Gasteiger partial charge is 0.114 e. The first kappa shape index (κ1) is 10.4. The predicted molar refractivity (Wildman–Crippen MR) is 65.1 cm³/mol. The first-order valence-corrected chi connectivity index (χ1v) is 6.64. The number of thiophene rings is 2. The minimum absolute atomic E-state index is 0.476. The summed E-state index contributed by atoms with van der Waals surface area (Å²) in [5.41, 5.74) is 0.962. The molecule has 0 bridgehead atoms. The topological polar surface area (TPSA) is 20.2 Å². The summed E-state index contributed by atoms with van der Waals surface area (Å²) in [6, 6.07) is 5.98. The van der Waals surface area contributed by atoms with Gasteiger partial charge in [0.15, 0.2) is 0 Å². The SMILES string of the molecule is Cc1ccc(C(O)c2csc(Br)c2)s1. The van der Waals surface area contributed by atoms with Crippen LogP contribution in [0.3, 0.4) is 0 Å². The highest BCUT2D eigenvalue weighted by Gasteiger charge is 2.13. The van der Waals surface area contributed by atoms with Crippen molar-refractivity contribution in [2.75, 3.05) is 0 Å². The first-order valence-electron chi connectivity index (χ1n) is 4.15. The summed E-state index contributed by atoms with van der Waals surface area (Å²) >= 11 is 6.62. The maximum absolute atomic E-state index is 10.0. The van der Waals surface area contributed by atoms with Gasteiger partial charge in [0, 0.05) is 9.75 Å². The van der Waals surface area contributed by atoms with Crippen LogP contribution >= 0.6 is 38.6 Å². The number of aliphatic hydroxyl groups is 1. The van der Waals surface area contributed by atoms with E-state index in [0.29, 0.717) is 0 Å². The quantitative estimate of drug-likeness (QED) is 0.887. The fourth-order valence-electron chi connectivity index (χ4n) is 1.23. The van der Waals surface area contributed by atoms with E-state index in [1.165, 1.54) is 4.88 Å². The minimum atomic E-state index is -0.476. The molecule has 0 fully saturated rings. The average Bonchev–Trinajstić information content (AvgIpc) is 2.73. The van der Waals surface area contributed by atoms with E-state index in [2.05, 4.69) is 15.9 Å². The number of aryl methyl sites for hydroxylation is 1. The van der Waals surface area contributed by atoms with Crippen molar-refractivity contribution in [3.8, 4) is 0 Å². The van der Waals surface area contributed by atoms with E-state index in [4.69, 9.17) is 0 Å². The Morgan fingerprint density at radius 3 is 2.71 bits per heavy atom. The fraction of sp³-hybridized carbons (Fsp3) is 0.200. The zero-order chi connectivity index (χ0) is 10.1. The molecule has 4 heteroatoms. The largest absolute Gasteiger partial charge is 0.383 e. The molecule has 2 aromatic heterocycles. The van der Waals surface area contributed by atoms with Gasteiger partial charge in [-0.15, -0.1) is 22.7 Å². The Bertz CT molecular complexity index is 393. The van der Waals surface area contributed by atoms with Gasteiger partial charge in [0.1, 0.15) is 6.10 Å². The summed E-state index contributed by atoms with van der Waals surface area (Å²) in [6.45, 7) is 2.05. The van der Waals surface area contributed by atoms with Crippen molar-refractivity contribution >= 4 is 38.6 Å². The Labute approximate surface area is 99.2 Å². The highest BCUT2D eigenvalue weighted by atomic mass is 79.9. The number of hydrogen-bond donors (Lipinski definition) is 1. The fourth-order valence-corrected chi connectivity index (χ4v) is 3.32. The Morgan fingerprint density at radius 2 is 2.21 bits per heavy atom. The van der Waals surface area contributed by atoms with E-state index in [0.717, 1.165) is 14.2 Å². The lowest BCUT2D eigenvalue weighted by molar-refractivity contribution is 0.224. The standard InChI is InChI=1S/C10H9BrOS2/c1-6-2-3-8(14-6)10(12)7-4-9(11)13-5-7/h2-5,10,12H,1H3. The predicted octanol–water partition coefficient (Wildman–Crippen LogP) is 3.96. The molecule has 0 saturated carbocycles. The number of hydrogen-bond acceptors (Lipinski definition) is 3. The van der Waals surface area contributed by atoms with Crippen LogP contribution in [0.4, 0.5) is 0 Å². The van der Waals surface area contributed by atoms with Crippen LogP contribution in [0.25, 0.3) is 0 Å². The molecule has 0 saturated heterocycles. The molecule has 14 heavy (non-hydrogen) atoms. The first-order chi connectivity index (χ1) is 6.66. The molecule has 0 aliphatic carbocycles. The third-order valence-corrected chi connectivity index (χ3v) is 4.51. The highest BCUT2D eigenvalue weighted by Crippen LogP contribution is 2.32. The third-order valence-electron chi connectivity index (χ3n) is 1.93. The molecule has 0 spiro atoms. The summed E-state index contributed by atoms with van der Waals surface area (Å²) in [6.07, 6.45) is -0.476. The second-order valence-electron chi connectivity index (χ2n) is 3.04. The maximum atomic E-state index is 10.0. The molecule has 0 amide bonds. The molecular weight excluding hydrogens is 280 g/mol. The van der Waals surface area contributed by atoms with Crippen molar-refractivity contribution in [3.63, 3.8) is 0 Å². The minimum Gasteiger partial charge on any atom is -0.383 e. The molecule has 2 rings (SSSR count). The summed E-state index contributed by atoms with van der Waals surface area (Å²) in [4.78, 5) is 2.24. The van der Waals surface area contributed by atoms with Crippen molar-refractivity contribution in [1.82, 2.24) is 0 Å². The average molecular weight is 289 g/mol. The molecule has 2 heterocycles. The molecule has 0 radical (unpaired) electrons. The van der Waals surface area contributed by atoms with Crippen molar-refractivity contribution in [2.45, 2.75) is 13.0 Å². The van der Waals surface area contributed by atoms with Gasteiger partial charge in [0.05, 0.1) is 3.79 Å². The number of aliphatic hydroxyl groups excluding tert-OH is 1. The lowest BCUT2D eigenvalue weighted by Gasteiger charge is -2.04. The van der Waals surface area contributed by atoms with Gasteiger partial charge in [-0.1, -0.05) is 0 Å². The Morgan fingerprint density at radius 1 is 1.43 bits per heavy atom. The normalized spacial score (nSPS) is 13.1. The van der Waals surface area contributed by atoms with E-state index < -0.39 is 6.10 Å². The van der Waals surface area contributed by atoms with E-state index in [1.807, 2.05) is 30.5 Å². The summed E-state index contributed by atoms with van der Waals surface area (Å²) in [5.74, 6) is 0. The summed E-state index contributed by atoms with van der Waals surface area (Å²) in [7, 11) is 0. The molecule has 2 aromatic rings. The summed E-state index contributed by atoms with van der Waals surface area (Å²) in [5, 5.41) is 12.0. The molecule has 1 N–H and O–H groups in total. The van der Waals surface area contributed by atoms with E-state index in [-0.39, 0.29) is 0 Å². The van der Waals surface area contributed by atoms with Crippen molar-refractivity contribution in [3.05, 3.63) is 42.7 Å². The van der Waals surface area contributed by atoms with Crippen LogP contribution in [0.15, 0.2) is 27.4 Å². The van der Waals surface area contributed by atoms with Crippen molar-refractivity contribution < 1.29 is 5.11 Å². The Hall–Kier alpha value is -0.160. The van der Waals surface area contributed by atoms with Gasteiger partial charge in [-0.2, -0.15) is 0 Å². The molecule has 0 aliphatic heterocycles. The Kier molecular flexibility index (Phi) is 3.07. The van der Waals surface area contributed by atoms with Gasteiger partial charge >= 0.3 is 0 Å². The third kappa shape index (κ3) is 2.08. The molecule has 1 atom stereocenters. The second-order valence-corrected chi connectivity index (χ2v) is 6.65. The van der Waals surface area contributed by atoms with Gasteiger partial charge in [-0.05, 0) is 52.0 Å². The number of rotatable bonds is 2. The van der Waals surface area contributed by atoms with E-state index in [9.17, 15) is 5.11 Å². The van der Waals surface area contributed by atoms with Crippen molar-refractivity contribution in [2.24, 2.45) is 0 Å². The molecule has 0 aromatic carbocycles. The van der Waals surface area contributed by atoms with Gasteiger partial charge in [0.25, 0.3) is 0 Å². The lowest BCUT2D eigenvalue weighted by Crippen LogP contribution is -1.93. The van der Waals surface area contributed by atoms with Gasteiger partial charge in [-0.3, -0.25) is 0 Å². The van der Waals surface area contributed by atoms with Gasteiger partial charge in [0.2, 0.25) is 0 Å².